The van der Waals surface area contributed by atoms with E-state index in [1.165, 1.54) is 0 Å². The maximum absolute atomic E-state index is 12.0. The fourth-order valence-corrected chi connectivity index (χ4v) is 2.88. The molecule has 2 unspecified atom stereocenters. The van der Waals surface area contributed by atoms with Crippen molar-refractivity contribution < 1.29 is 4.79 Å². The normalized spacial score (nSPS) is 29.6. The van der Waals surface area contributed by atoms with Crippen LogP contribution in [0.3, 0.4) is 0 Å². The van der Waals surface area contributed by atoms with Crippen LogP contribution < -0.4 is 10.6 Å². The number of rotatable bonds is 5. The molecule has 2 atom stereocenters. The highest BCUT2D eigenvalue weighted by Gasteiger charge is 2.29. The number of nitrogens with one attached hydrogen (secondary N) is 2. The number of amides is 1. The number of piperazine rings is 1. The van der Waals surface area contributed by atoms with E-state index in [9.17, 15) is 4.79 Å². The first kappa shape index (κ1) is 14.8. The van der Waals surface area contributed by atoms with E-state index in [1.54, 1.807) is 0 Å². The van der Waals surface area contributed by atoms with Gasteiger partial charge in [-0.3, -0.25) is 4.79 Å². The van der Waals surface area contributed by atoms with Gasteiger partial charge in [0.2, 0.25) is 5.91 Å². The molecule has 110 valence electrons. The van der Waals surface area contributed by atoms with Crippen LogP contribution in [0.4, 0.5) is 0 Å². The fraction of sp³-hybridized carbons (Fsp3) is 0.929. The SMILES string of the molecule is CC1CNCC1C(=O)NCCCN1CCN(C)CC1. The fourth-order valence-electron chi connectivity index (χ4n) is 2.88. The van der Waals surface area contributed by atoms with Gasteiger partial charge >= 0.3 is 0 Å². The van der Waals surface area contributed by atoms with Crippen LogP contribution in [0.5, 0.6) is 0 Å². The molecule has 0 radical (unpaired) electrons. The molecule has 19 heavy (non-hydrogen) atoms. The third-order valence-corrected chi connectivity index (χ3v) is 4.40. The Labute approximate surface area is 116 Å². The first-order valence-electron chi connectivity index (χ1n) is 7.56. The van der Waals surface area contributed by atoms with Gasteiger partial charge in [0.05, 0.1) is 5.92 Å². The smallest absolute Gasteiger partial charge is 0.224 e. The van der Waals surface area contributed by atoms with Crippen LogP contribution in [0, 0.1) is 11.8 Å². The Morgan fingerprint density at radius 1 is 1.26 bits per heavy atom. The molecule has 2 fully saturated rings. The van der Waals surface area contributed by atoms with Crippen molar-refractivity contribution in [3.05, 3.63) is 0 Å². The lowest BCUT2D eigenvalue weighted by molar-refractivity contribution is -0.125. The molecule has 0 aliphatic carbocycles. The molecule has 1 amide bonds. The summed E-state index contributed by atoms with van der Waals surface area (Å²) < 4.78 is 0. The van der Waals surface area contributed by atoms with Gasteiger partial charge in [-0.25, -0.2) is 0 Å². The van der Waals surface area contributed by atoms with E-state index >= 15 is 0 Å². The molecule has 0 bridgehead atoms. The number of hydrogen-bond acceptors (Lipinski definition) is 4. The number of nitrogens with zero attached hydrogens (tertiary/aromatic N) is 2. The molecule has 2 aliphatic rings. The molecule has 0 saturated carbocycles. The van der Waals surface area contributed by atoms with Gasteiger partial charge in [0.15, 0.2) is 0 Å². The molecule has 5 heteroatoms. The van der Waals surface area contributed by atoms with E-state index in [0.717, 1.165) is 58.8 Å². The molecule has 0 spiro atoms. The highest BCUT2D eigenvalue weighted by molar-refractivity contribution is 5.79. The minimum absolute atomic E-state index is 0.170. The van der Waals surface area contributed by atoms with Crippen molar-refractivity contribution in [3.63, 3.8) is 0 Å². The zero-order valence-electron chi connectivity index (χ0n) is 12.3. The maximum Gasteiger partial charge on any atom is 0.224 e. The van der Waals surface area contributed by atoms with Crippen LogP contribution in [0.2, 0.25) is 0 Å². The summed E-state index contributed by atoms with van der Waals surface area (Å²) in [6, 6.07) is 0. The quantitative estimate of drug-likeness (QED) is 0.666. The monoisotopic (exact) mass is 268 g/mol. The minimum Gasteiger partial charge on any atom is -0.356 e. The molecule has 2 N–H and O–H groups in total. The first-order valence-corrected chi connectivity index (χ1v) is 7.56. The summed E-state index contributed by atoms with van der Waals surface area (Å²) in [6.45, 7) is 10.5. The van der Waals surface area contributed by atoms with Crippen LogP contribution >= 0.6 is 0 Å². The van der Waals surface area contributed by atoms with Gasteiger partial charge < -0.3 is 20.4 Å². The highest BCUT2D eigenvalue weighted by atomic mass is 16.1. The predicted octanol–water partition coefficient (Wildman–Crippen LogP) is -0.404. The van der Waals surface area contributed by atoms with Gasteiger partial charge in [-0.2, -0.15) is 0 Å². The number of hydrogen-bond donors (Lipinski definition) is 2. The van der Waals surface area contributed by atoms with Crippen LogP contribution in [-0.4, -0.2) is 75.1 Å². The number of carbonyl (C=O) groups excluding carboxylic acids is 1. The second-order valence-corrected chi connectivity index (χ2v) is 6.03. The van der Waals surface area contributed by atoms with Gasteiger partial charge in [0.1, 0.15) is 0 Å². The third-order valence-electron chi connectivity index (χ3n) is 4.40. The van der Waals surface area contributed by atoms with Crippen molar-refractivity contribution in [1.82, 2.24) is 20.4 Å². The molecule has 2 saturated heterocycles. The Bertz CT molecular complexity index is 289. The molecular weight excluding hydrogens is 240 g/mol. The van der Waals surface area contributed by atoms with Crippen LogP contribution in [0.25, 0.3) is 0 Å². The summed E-state index contributed by atoms with van der Waals surface area (Å²) in [6.07, 6.45) is 1.06. The lowest BCUT2D eigenvalue weighted by Gasteiger charge is -2.32. The lowest BCUT2D eigenvalue weighted by Crippen LogP contribution is -2.45. The molecule has 5 nitrogen and oxygen atoms in total. The molecular formula is C14H28N4O. The van der Waals surface area contributed by atoms with Crippen LogP contribution in [-0.2, 0) is 4.79 Å². The Morgan fingerprint density at radius 2 is 2.00 bits per heavy atom. The second kappa shape index (κ2) is 7.22. The van der Waals surface area contributed by atoms with E-state index in [4.69, 9.17) is 0 Å². The van der Waals surface area contributed by atoms with E-state index < -0.39 is 0 Å². The van der Waals surface area contributed by atoms with Crippen molar-refractivity contribution >= 4 is 5.91 Å². The second-order valence-electron chi connectivity index (χ2n) is 6.03. The highest BCUT2D eigenvalue weighted by Crippen LogP contribution is 2.15. The van der Waals surface area contributed by atoms with E-state index in [-0.39, 0.29) is 11.8 Å². The van der Waals surface area contributed by atoms with Crippen LogP contribution in [0.1, 0.15) is 13.3 Å². The average Bonchev–Trinajstić information content (AvgIpc) is 2.83. The Morgan fingerprint density at radius 3 is 2.63 bits per heavy atom. The first-order chi connectivity index (χ1) is 9.16. The molecule has 2 rings (SSSR count). The Balaban J connectivity index is 1.55. The average molecular weight is 268 g/mol. The molecule has 2 heterocycles. The van der Waals surface area contributed by atoms with Gasteiger partial charge in [-0.05, 0) is 32.5 Å². The summed E-state index contributed by atoms with van der Waals surface area (Å²) >= 11 is 0. The van der Waals surface area contributed by atoms with Gasteiger partial charge in [-0.1, -0.05) is 6.92 Å². The van der Waals surface area contributed by atoms with E-state index in [2.05, 4.69) is 34.4 Å². The standard InChI is InChI=1S/C14H28N4O/c1-12-10-15-11-13(12)14(19)16-4-3-5-18-8-6-17(2)7-9-18/h12-13,15H,3-11H2,1-2H3,(H,16,19). The molecule has 0 aromatic rings. The topological polar surface area (TPSA) is 47.6 Å². The molecule has 0 aromatic carbocycles. The van der Waals surface area contributed by atoms with Crippen molar-refractivity contribution in [3.8, 4) is 0 Å². The number of carbonyl (C=O) groups is 1. The summed E-state index contributed by atoms with van der Waals surface area (Å²) in [5, 5.41) is 6.36. The molecule has 0 aromatic heterocycles. The third kappa shape index (κ3) is 4.44. The van der Waals surface area contributed by atoms with Crippen molar-refractivity contribution in [2.75, 3.05) is 59.4 Å². The minimum atomic E-state index is 0.170. The van der Waals surface area contributed by atoms with E-state index in [0.29, 0.717) is 5.92 Å². The summed E-state index contributed by atoms with van der Waals surface area (Å²) in [4.78, 5) is 16.8. The Kier molecular flexibility index (Phi) is 5.60. The van der Waals surface area contributed by atoms with Gasteiger partial charge in [0.25, 0.3) is 0 Å². The zero-order chi connectivity index (χ0) is 13.7. The van der Waals surface area contributed by atoms with Crippen molar-refractivity contribution in [2.24, 2.45) is 11.8 Å². The van der Waals surface area contributed by atoms with Gasteiger partial charge in [0, 0.05) is 39.3 Å². The van der Waals surface area contributed by atoms with Crippen molar-refractivity contribution in [2.45, 2.75) is 13.3 Å². The summed E-state index contributed by atoms with van der Waals surface area (Å²) in [7, 11) is 2.17. The number of likely N-dealkylation sites (N-methyl/N-ethyl adjacent to an activating group) is 1. The van der Waals surface area contributed by atoms with Gasteiger partial charge in [-0.15, -0.1) is 0 Å². The Hall–Kier alpha value is -0.650. The summed E-state index contributed by atoms with van der Waals surface area (Å²) in [5.74, 6) is 0.872. The van der Waals surface area contributed by atoms with Crippen LogP contribution in [0.15, 0.2) is 0 Å². The predicted molar refractivity (Wildman–Crippen MR) is 77.1 cm³/mol. The largest absolute Gasteiger partial charge is 0.356 e. The lowest BCUT2D eigenvalue weighted by atomic mass is 9.97. The molecule has 2 aliphatic heterocycles. The zero-order valence-corrected chi connectivity index (χ0v) is 12.3. The van der Waals surface area contributed by atoms with E-state index in [1.807, 2.05) is 0 Å². The maximum atomic E-state index is 12.0. The summed E-state index contributed by atoms with van der Waals surface area (Å²) in [5.41, 5.74) is 0. The van der Waals surface area contributed by atoms with Crippen molar-refractivity contribution in [1.29, 1.82) is 0 Å².